The highest BCUT2D eigenvalue weighted by molar-refractivity contribution is 6.13. The van der Waals surface area contributed by atoms with E-state index in [1.54, 1.807) is 12.1 Å². The van der Waals surface area contributed by atoms with Gasteiger partial charge >= 0.3 is 11.9 Å². The van der Waals surface area contributed by atoms with Gasteiger partial charge in [-0.05, 0) is 17.9 Å². The predicted octanol–water partition coefficient (Wildman–Crippen LogP) is 3.37. The first kappa shape index (κ1) is 16.3. The van der Waals surface area contributed by atoms with Gasteiger partial charge in [-0.3, -0.25) is 4.79 Å². The maximum atomic E-state index is 13.6. The van der Waals surface area contributed by atoms with Crippen LogP contribution in [0.4, 0.5) is 8.78 Å². The van der Waals surface area contributed by atoms with Crippen molar-refractivity contribution in [1.82, 2.24) is 0 Å². The lowest BCUT2D eigenvalue weighted by Gasteiger charge is -2.19. The smallest absolute Gasteiger partial charge is 0.404 e. The number of rotatable bonds is 4. The van der Waals surface area contributed by atoms with Crippen LogP contribution in [-0.4, -0.2) is 24.3 Å². The first-order chi connectivity index (χ1) is 9.10. The molecule has 110 valence electrons. The SMILES string of the molecule is CCOC(=O)C(F)(F)C(=O)c1ccc(C(C)(C)C)cc1. The fraction of sp³-hybridized carbons (Fsp3) is 0.467. The number of hydrogen-bond acceptors (Lipinski definition) is 3. The molecule has 3 nitrogen and oxygen atoms in total. The summed E-state index contributed by atoms with van der Waals surface area (Å²) in [6, 6.07) is 5.81. The Kier molecular flexibility index (Phi) is 4.63. The van der Waals surface area contributed by atoms with Crippen LogP contribution >= 0.6 is 0 Å². The lowest BCUT2D eigenvalue weighted by Crippen LogP contribution is -2.39. The van der Waals surface area contributed by atoms with Gasteiger partial charge in [0, 0.05) is 5.56 Å². The van der Waals surface area contributed by atoms with Crippen LogP contribution in [0.1, 0.15) is 43.6 Å². The molecule has 0 saturated heterocycles. The van der Waals surface area contributed by atoms with E-state index in [0.717, 1.165) is 5.56 Å². The molecule has 0 N–H and O–H groups in total. The zero-order valence-electron chi connectivity index (χ0n) is 12.0. The largest absolute Gasteiger partial charge is 0.461 e. The Morgan fingerprint density at radius 3 is 2.00 bits per heavy atom. The van der Waals surface area contributed by atoms with Crippen molar-refractivity contribution >= 4 is 11.8 Å². The number of hydrogen-bond donors (Lipinski definition) is 0. The van der Waals surface area contributed by atoms with Crippen LogP contribution in [0.2, 0.25) is 0 Å². The van der Waals surface area contributed by atoms with E-state index in [9.17, 15) is 18.4 Å². The topological polar surface area (TPSA) is 43.4 Å². The van der Waals surface area contributed by atoms with Crippen molar-refractivity contribution in [2.24, 2.45) is 0 Å². The zero-order valence-corrected chi connectivity index (χ0v) is 12.0. The van der Waals surface area contributed by atoms with E-state index in [1.165, 1.54) is 19.1 Å². The van der Waals surface area contributed by atoms with Crippen LogP contribution in [0.25, 0.3) is 0 Å². The van der Waals surface area contributed by atoms with Crippen molar-refractivity contribution in [2.45, 2.75) is 39.0 Å². The molecule has 0 aliphatic rings. The van der Waals surface area contributed by atoms with Crippen molar-refractivity contribution in [3.63, 3.8) is 0 Å². The number of ether oxygens (including phenoxy) is 1. The van der Waals surface area contributed by atoms with Gasteiger partial charge in [-0.2, -0.15) is 8.78 Å². The summed E-state index contributed by atoms with van der Waals surface area (Å²) in [5, 5.41) is 0. The van der Waals surface area contributed by atoms with Gasteiger partial charge in [-0.15, -0.1) is 0 Å². The monoisotopic (exact) mass is 284 g/mol. The van der Waals surface area contributed by atoms with E-state index >= 15 is 0 Å². The molecule has 1 aromatic carbocycles. The highest BCUT2D eigenvalue weighted by Crippen LogP contribution is 2.25. The minimum atomic E-state index is -4.15. The summed E-state index contributed by atoms with van der Waals surface area (Å²) in [7, 11) is 0. The lowest BCUT2D eigenvalue weighted by atomic mass is 9.86. The Morgan fingerprint density at radius 1 is 1.10 bits per heavy atom. The lowest BCUT2D eigenvalue weighted by molar-refractivity contribution is -0.164. The number of carbonyl (C=O) groups excluding carboxylic acids is 2. The third-order valence-electron chi connectivity index (χ3n) is 2.83. The number of carbonyl (C=O) groups is 2. The molecule has 0 bridgehead atoms. The first-order valence-electron chi connectivity index (χ1n) is 6.31. The first-order valence-corrected chi connectivity index (χ1v) is 6.31. The number of ketones is 1. The molecule has 0 atom stereocenters. The number of alkyl halides is 2. The van der Waals surface area contributed by atoms with Gasteiger partial charge in [0.1, 0.15) is 0 Å². The minimum Gasteiger partial charge on any atom is -0.461 e. The average molecular weight is 284 g/mol. The molecule has 20 heavy (non-hydrogen) atoms. The van der Waals surface area contributed by atoms with Crippen LogP contribution in [0, 0.1) is 0 Å². The molecule has 0 aromatic heterocycles. The molecular weight excluding hydrogens is 266 g/mol. The summed E-state index contributed by atoms with van der Waals surface area (Å²) in [5.74, 6) is -7.51. The minimum absolute atomic E-state index is 0.148. The molecule has 0 aliphatic carbocycles. The van der Waals surface area contributed by atoms with Gasteiger partial charge in [0.05, 0.1) is 6.61 Å². The van der Waals surface area contributed by atoms with Crippen LogP contribution in [0.15, 0.2) is 24.3 Å². The summed E-state index contributed by atoms with van der Waals surface area (Å²) in [6.07, 6.45) is 0. The standard InChI is InChI=1S/C15H18F2O3/c1-5-20-13(19)15(16,17)12(18)10-6-8-11(9-7-10)14(2,3)4/h6-9H,5H2,1-4H3. The van der Waals surface area contributed by atoms with Gasteiger partial charge < -0.3 is 4.74 Å². The van der Waals surface area contributed by atoms with Gasteiger partial charge in [0.25, 0.3) is 0 Å². The van der Waals surface area contributed by atoms with Crippen molar-refractivity contribution in [2.75, 3.05) is 6.61 Å². The van der Waals surface area contributed by atoms with E-state index in [0.29, 0.717) is 0 Å². The fourth-order valence-corrected chi connectivity index (χ4v) is 1.62. The number of halogens is 2. The van der Waals surface area contributed by atoms with E-state index in [2.05, 4.69) is 4.74 Å². The molecule has 0 fully saturated rings. The molecule has 0 aliphatic heterocycles. The normalized spacial score (nSPS) is 12.1. The highest BCUT2D eigenvalue weighted by atomic mass is 19.3. The third-order valence-corrected chi connectivity index (χ3v) is 2.83. The van der Waals surface area contributed by atoms with Gasteiger partial charge in [0.2, 0.25) is 5.78 Å². The van der Waals surface area contributed by atoms with Crippen molar-refractivity contribution in [3.05, 3.63) is 35.4 Å². The average Bonchev–Trinajstić information content (AvgIpc) is 2.37. The van der Waals surface area contributed by atoms with Crippen LogP contribution in [-0.2, 0) is 14.9 Å². The van der Waals surface area contributed by atoms with Gasteiger partial charge in [0.15, 0.2) is 0 Å². The molecule has 0 radical (unpaired) electrons. The summed E-state index contributed by atoms with van der Waals surface area (Å²) < 4.78 is 31.4. The second kappa shape index (κ2) is 5.69. The molecule has 0 saturated carbocycles. The second-order valence-electron chi connectivity index (χ2n) is 5.45. The van der Waals surface area contributed by atoms with Crippen molar-refractivity contribution in [3.8, 4) is 0 Å². The summed E-state index contributed by atoms with van der Waals surface area (Å²) in [4.78, 5) is 22.8. The van der Waals surface area contributed by atoms with E-state index in [-0.39, 0.29) is 17.6 Å². The third kappa shape index (κ3) is 3.40. The Labute approximate surface area is 116 Å². The molecule has 1 rings (SSSR count). The van der Waals surface area contributed by atoms with E-state index in [4.69, 9.17) is 0 Å². The number of esters is 1. The van der Waals surface area contributed by atoms with E-state index in [1.807, 2.05) is 20.8 Å². The summed E-state index contributed by atoms with van der Waals surface area (Å²) in [5.41, 5.74) is 0.551. The predicted molar refractivity (Wildman–Crippen MR) is 71.1 cm³/mol. The number of benzene rings is 1. The van der Waals surface area contributed by atoms with Crippen LogP contribution in [0.3, 0.4) is 0 Å². The molecule has 0 spiro atoms. The summed E-state index contributed by atoms with van der Waals surface area (Å²) >= 11 is 0. The highest BCUT2D eigenvalue weighted by Gasteiger charge is 2.49. The summed E-state index contributed by atoms with van der Waals surface area (Å²) in [6.45, 7) is 7.10. The molecular formula is C15H18F2O3. The van der Waals surface area contributed by atoms with Crippen molar-refractivity contribution < 1.29 is 23.1 Å². The quantitative estimate of drug-likeness (QED) is 0.483. The molecule has 5 heteroatoms. The Hall–Kier alpha value is -1.78. The zero-order chi connectivity index (χ0) is 15.6. The molecule has 0 unspecified atom stereocenters. The maximum Gasteiger partial charge on any atom is 0.404 e. The molecule has 1 aromatic rings. The number of Topliss-reactive ketones (excluding diaryl/α,β-unsaturated/α-hetero) is 1. The van der Waals surface area contributed by atoms with Crippen LogP contribution in [0.5, 0.6) is 0 Å². The molecule has 0 heterocycles. The molecule has 0 amide bonds. The second-order valence-corrected chi connectivity index (χ2v) is 5.45. The van der Waals surface area contributed by atoms with Gasteiger partial charge in [-0.25, -0.2) is 4.79 Å². The van der Waals surface area contributed by atoms with Crippen LogP contribution < -0.4 is 0 Å². The Morgan fingerprint density at radius 2 is 1.60 bits per heavy atom. The van der Waals surface area contributed by atoms with Crippen molar-refractivity contribution in [1.29, 1.82) is 0 Å². The van der Waals surface area contributed by atoms with Gasteiger partial charge in [-0.1, -0.05) is 45.0 Å². The Bertz CT molecular complexity index is 499. The Balaban J connectivity index is 3.01. The maximum absolute atomic E-state index is 13.6. The van der Waals surface area contributed by atoms with E-state index < -0.39 is 17.7 Å². The fourth-order valence-electron chi connectivity index (χ4n) is 1.62.